The molecule has 1 aromatic carbocycles. The summed E-state index contributed by atoms with van der Waals surface area (Å²) in [6.45, 7) is 5.23. The lowest BCUT2D eigenvalue weighted by Crippen LogP contribution is -2.13. The molecule has 0 fully saturated rings. The summed E-state index contributed by atoms with van der Waals surface area (Å²) in [5.41, 5.74) is -0.0991. The van der Waals surface area contributed by atoms with E-state index in [9.17, 15) is 14.9 Å². The molecular formula is C12H12BrNO5. The van der Waals surface area contributed by atoms with Crippen LogP contribution in [0.4, 0.5) is 5.69 Å². The van der Waals surface area contributed by atoms with Crippen LogP contribution in [-0.2, 0) is 9.53 Å². The van der Waals surface area contributed by atoms with Crippen LogP contribution >= 0.6 is 15.9 Å². The Morgan fingerprint density at radius 3 is 2.79 bits per heavy atom. The number of carbonyl (C=O) groups is 1. The highest BCUT2D eigenvalue weighted by atomic mass is 79.9. The molecule has 6 nitrogen and oxygen atoms in total. The molecule has 0 aliphatic rings. The van der Waals surface area contributed by atoms with Crippen LogP contribution in [0.2, 0.25) is 0 Å². The predicted molar refractivity (Wildman–Crippen MR) is 72.1 cm³/mol. The van der Waals surface area contributed by atoms with E-state index in [-0.39, 0.29) is 30.2 Å². The molecule has 0 saturated carbocycles. The Hall–Kier alpha value is -1.89. The fourth-order valence-corrected chi connectivity index (χ4v) is 1.71. The zero-order chi connectivity index (χ0) is 14.4. The Bertz CT molecular complexity index is 515. The third-order valence-electron chi connectivity index (χ3n) is 2.10. The van der Waals surface area contributed by atoms with Crippen molar-refractivity contribution in [3.8, 4) is 5.75 Å². The summed E-state index contributed by atoms with van der Waals surface area (Å²) in [6, 6.07) is 4.44. The first-order valence-corrected chi connectivity index (χ1v) is 6.17. The monoisotopic (exact) mass is 329 g/mol. The Kier molecular flexibility index (Phi) is 5.50. The van der Waals surface area contributed by atoms with Crippen LogP contribution in [0.1, 0.15) is 6.92 Å². The Morgan fingerprint density at radius 2 is 2.21 bits per heavy atom. The van der Waals surface area contributed by atoms with Crippen molar-refractivity contribution in [3.05, 3.63) is 44.9 Å². The van der Waals surface area contributed by atoms with E-state index in [0.29, 0.717) is 4.47 Å². The van der Waals surface area contributed by atoms with E-state index in [2.05, 4.69) is 22.5 Å². The van der Waals surface area contributed by atoms with Crippen molar-refractivity contribution in [2.75, 3.05) is 13.2 Å². The van der Waals surface area contributed by atoms with Gasteiger partial charge in [-0.25, -0.2) is 4.79 Å². The van der Waals surface area contributed by atoms with Gasteiger partial charge in [0, 0.05) is 6.07 Å². The highest BCUT2D eigenvalue weighted by Crippen LogP contribution is 2.34. The molecule has 0 amide bonds. The maximum atomic E-state index is 11.3. The number of hydrogen-bond donors (Lipinski definition) is 0. The number of rotatable bonds is 6. The number of benzene rings is 1. The third kappa shape index (κ3) is 4.06. The van der Waals surface area contributed by atoms with Crippen molar-refractivity contribution in [2.24, 2.45) is 0 Å². The number of carbonyl (C=O) groups excluding carboxylic acids is 1. The fourth-order valence-electron chi connectivity index (χ4n) is 1.24. The van der Waals surface area contributed by atoms with E-state index >= 15 is 0 Å². The number of nitro groups is 1. The normalized spacial score (nSPS) is 9.79. The van der Waals surface area contributed by atoms with E-state index in [1.54, 1.807) is 13.0 Å². The van der Waals surface area contributed by atoms with Gasteiger partial charge in [-0.3, -0.25) is 10.1 Å². The zero-order valence-corrected chi connectivity index (χ0v) is 11.8. The second kappa shape index (κ2) is 6.89. The van der Waals surface area contributed by atoms with Crippen molar-refractivity contribution in [3.63, 3.8) is 0 Å². The summed E-state index contributed by atoms with van der Waals surface area (Å²) in [5, 5.41) is 10.8. The zero-order valence-electron chi connectivity index (χ0n) is 10.2. The molecule has 1 aromatic rings. The maximum Gasteiger partial charge on any atom is 0.336 e. The van der Waals surface area contributed by atoms with Crippen molar-refractivity contribution in [1.29, 1.82) is 0 Å². The Morgan fingerprint density at radius 1 is 1.53 bits per heavy atom. The van der Waals surface area contributed by atoms with Crippen LogP contribution in [0.5, 0.6) is 5.75 Å². The molecule has 7 heteroatoms. The number of hydrogen-bond acceptors (Lipinski definition) is 5. The number of halogens is 1. The van der Waals surface area contributed by atoms with Gasteiger partial charge in [-0.05, 0) is 28.9 Å². The standard InChI is InChI=1S/C12H12BrNO5/c1-3-18-12(15)8(2)7-19-11-9(13)5-4-6-10(11)14(16)17/h4-6H,2-3,7H2,1H3. The van der Waals surface area contributed by atoms with Crippen molar-refractivity contribution in [1.82, 2.24) is 0 Å². The number of esters is 1. The molecule has 0 unspecified atom stereocenters. The predicted octanol–water partition coefficient (Wildman–Crippen LogP) is 2.86. The van der Waals surface area contributed by atoms with Gasteiger partial charge in [0.05, 0.1) is 21.6 Å². The summed E-state index contributed by atoms with van der Waals surface area (Å²) >= 11 is 3.16. The highest BCUT2D eigenvalue weighted by Gasteiger charge is 2.19. The van der Waals surface area contributed by atoms with Gasteiger partial charge in [0.25, 0.3) is 0 Å². The molecule has 0 radical (unpaired) electrons. The van der Waals surface area contributed by atoms with Gasteiger partial charge in [-0.2, -0.15) is 0 Å². The molecule has 0 bridgehead atoms. The van der Waals surface area contributed by atoms with E-state index in [4.69, 9.17) is 9.47 Å². The van der Waals surface area contributed by atoms with Gasteiger partial charge in [-0.1, -0.05) is 12.6 Å². The van der Waals surface area contributed by atoms with Crippen LogP contribution < -0.4 is 4.74 Å². The number of ether oxygens (including phenoxy) is 2. The Labute approximate surface area is 118 Å². The molecule has 1 rings (SSSR count). The third-order valence-corrected chi connectivity index (χ3v) is 2.72. The van der Waals surface area contributed by atoms with Crippen LogP contribution in [0.3, 0.4) is 0 Å². The molecule has 0 N–H and O–H groups in total. The summed E-state index contributed by atoms with van der Waals surface area (Å²) in [6.07, 6.45) is 0. The minimum Gasteiger partial charge on any atom is -0.481 e. The molecular weight excluding hydrogens is 318 g/mol. The lowest BCUT2D eigenvalue weighted by atomic mass is 10.3. The molecule has 0 heterocycles. The van der Waals surface area contributed by atoms with Gasteiger partial charge in [0.1, 0.15) is 6.61 Å². The summed E-state index contributed by atoms with van der Waals surface area (Å²) < 4.78 is 10.4. The van der Waals surface area contributed by atoms with Crippen molar-refractivity contribution >= 4 is 27.6 Å². The second-order valence-electron chi connectivity index (χ2n) is 3.46. The summed E-state index contributed by atoms with van der Waals surface area (Å²) in [5.74, 6) is -0.532. The smallest absolute Gasteiger partial charge is 0.336 e. The molecule has 102 valence electrons. The topological polar surface area (TPSA) is 78.7 Å². The highest BCUT2D eigenvalue weighted by molar-refractivity contribution is 9.10. The van der Waals surface area contributed by atoms with Crippen LogP contribution in [0.25, 0.3) is 0 Å². The van der Waals surface area contributed by atoms with E-state index in [1.165, 1.54) is 12.1 Å². The van der Waals surface area contributed by atoms with Gasteiger partial charge in [0.15, 0.2) is 0 Å². The minimum absolute atomic E-state index is 0.0537. The van der Waals surface area contributed by atoms with E-state index < -0.39 is 10.9 Å². The largest absolute Gasteiger partial charge is 0.481 e. The second-order valence-corrected chi connectivity index (χ2v) is 4.31. The number of nitrogens with zero attached hydrogens (tertiary/aromatic N) is 1. The first-order chi connectivity index (χ1) is 8.97. The molecule has 19 heavy (non-hydrogen) atoms. The molecule has 0 atom stereocenters. The summed E-state index contributed by atoms with van der Waals surface area (Å²) in [7, 11) is 0. The van der Waals surface area contributed by atoms with Gasteiger partial charge < -0.3 is 9.47 Å². The average Bonchev–Trinajstić information content (AvgIpc) is 2.36. The molecule has 0 aromatic heterocycles. The number of nitro benzene ring substituents is 1. The average molecular weight is 330 g/mol. The Balaban J connectivity index is 2.80. The van der Waals surface area contributed by atoms with Crippen LogP contribution in [0.15, 0.2) is 34.8 Å². The first-order valence-electron chi connectivity index (χ1n) is 5.38. The quantitative estimate of drug-likeness (QED) is 0.347. The first kappa shape index (κ1) is 15.2. The van der Waals surface area contributed by atoms with Gasteiger partial charge in [-0.15, -0.1) is 0 Å². The van der Waals surface area contributed by atoms with Gasteiger partial charge >= 0.3 is 11.7 Å². The molecule has 0 spiro atoms. The van der Waals surface area contributed by atoms with Gasteiger partial charge in [0.2, 0.25) is 5.75 Å². The molecule has 0 saturated heterocycles. The summed E-state index contributed by atoms with van der Waals surface area (Å²) in [4.78, 5) is 21.6. The molecule has 0 aliphatic heterocycles. The SMILES string of the molecule is C=C(COc1c(Br)cccc1[N+](=O)[O-])C(=O)OCC. The van der Waals surface area contributed by atoms with E-state index in [0.717, 1.165) is 0 Å². The molecule has 0 aliphatic carbocycles. The van der Waals surface area contributed by atoms with Crippen LogP contribution in [-0.4, -0.2) is 24.1 Å². The lowest BCUT2D eigenvalue weighted by molar-refractivity contribution is -0.385. The van der Waals surface area contributed by atoms with E-state index in [1.807, 2.05) is 0 Å². The van der Waals surface area contributed by atoms with Crippen molar-refractivity contribution < 1.29 is 19.2 Å². The minimum atomic E-state index is -0.586. The fraction of sp³-hybridized carbons (Fsp3) is 0.250. The van der Waals surface area contributed by atoms with Crippen LogP contribution in [0, 0.1) is 10.1 Å². The van der Waals surface area contributed by atoms with Crippen molar-refractivity contribution in [2.45, 2.75) is 6.92 Å². The maximum absolute atomic E-state index is 11.3. The number of para-hydroxylation sites is 1. The lowest BCUT2D eigenvalue weighted by Gasteiger charge is -2.09.